The Balaban J connectivity index is 1.45. The maximum atomic E-state index is 12.5. The van der Waals surface area contributed by atoms with E-state index < -0.39 is 6.10 Å². The van der Waals surface area contributed by atoms with Crippen LogP contribution in [-0.2, 0) is 4.79 Å². The summed E-state index contributed by atoms with van der Waals surface area (Å²) in [4.78, 5) is 17.3. The lowest BCUT2D eigenvalue weighted by Gasteiger charge is -2.33. The number of hydrogen-bond donors (Lipinski definition) is 2. The number of aliphatic hydroxyl groups excluding tert-OH is 1. The van der Waals surface area contributed by atoms with Gasteiger partial charge >= 0.3 is 0 Å². The summed E-state index contributed by atoms with van der Waals surface area (Å²) in [6.07, 6.45) is 1.42. The monoisotopic (exact) mass is 434 g/mol. The van der Waals surface area contributed by atoms with E-state index in [4.69, 9.17) is 14.8 Å². The summed E-state index contributed by atoms with van der Waals surface area (Å²) in [7, 11) is 0. The third kappa shape index (κ3) is 5.16. The quantitative estimate of drug-likeness (QED) is 0.592. The summed E-state index contributed by atoms with van der Waals surface area (Å²) in [5, 5.41) is 18.2. The minimum absolute atomic E-state index is 0.0851. The number of nitrogens with zero attached hydrogens (tertiary/aromatic N) is 3. The minimum Gasteiger partial charge on any atom is -0.484 e. The molecular formula is C25H30N4O3. The van der Waals surface area contributed by atoms with Crippen LogP contribution in [0.4, 0.5) is 0 Å². The van der Waals surface area contributed by atoms with Gasteiger partial charge in [-0.2, -0.15) is 5.10 Å². The number of nitrogens with one attached hydrogen (secondary N) is 1. The zero-order chi connectivity index (χ0) is 22.5. The Hall–Kier alpha value is -3.19. The van der Waals surface area contributed by atoms with Crippen molar-refractivity contribution >= 4 is 5.91 Å². The van der Waals surface area contributed by atoms with Gasteiger partial charge in [-0.3, -0.25) is 4.79 Å². The molecule has 1 heterocycles. The molecule has 1 fully saturated rings. The fraction of sp³-hybridized carbons (Fsp3) is 0.400. The summed E-state index contributed by atoms with van der Waals surface area (Å²) >= 11 is 0. The second-order valence-electron chi connectivity index (χ2n) is 8.55. The predicted molar refractivity (Wildman–Crippen MR) is 122 cm³/mol. The first kappa shape index (κ1) is 22.0. The highest BCUT2D eigenvalue weighted by Crippen LogP contribution is 2.34. The molecule has 1 amide bonds. The van der Waals surface area contributed by atoms with E-state index in [1.54, 1.807) is 0 Å². The fourth-order valence-corrected chi connectivity index (χ4v) is 4.16. The van der Waals surface area contributed by atoms with Gasteiger partial charge in [0.2, 0.25) is 0 Å². The minimum atomic E-state index is -0.587. The fourth-order valence-electron chi connectivity index (χ4n) is 4.16. The van der Waals surface area contributed by atoms with E-state index in [1.807, 2.05) is 65.3 Å². The van der Waals surface area contributed by atoms with E-state index in [1.165, 1.54) is 0 Å². The molecule has 1 aliphatic rings. The lowest BCUT2D eigenvalue weighted by atomic mass is 9.83. The smallest absolute Gasteiger partial charge is 0.258 e. The molecule has 2 aromatic carbocycles. The third-order valence-corrected chi connectivity index (χ3v) is 5.82. The van der Waals surface area contributed by atoms with Gasteiger partial charge < -0.3 is 15.2 Å². The van der Waals surface area contributed by atoms with Crippen LogP contribution < -0.4 is 10.1 Å². The van der Waals surface area contributed by atoms with Crippen molar-refractivity contribution < 1.29 is 14.6 Å². The van der Waals surface area contributed by atoms with E-state index in [2.05, 4.69) is 19.2 Å². The van der Waals surface area contributed by atoms with Crippen molar-refractivity contribution in [2.45, 2.75) is 57.2 Å². The first-order chi connectivity index (χ1) is 15.5. The summed E-state index contributed by atoms with van der Waals surface area (Å²) in [5.41, 5.74) is 0.979. The lowest BCUT2D eigenvalue weighted by molar-refractivity contribution is -0.125. The van der Waals surface area contributed by atoms with Crippen LogP contribution in [-0.4, -0.2) is 44.5 Å². The number of aromatic nitrogens is 3. The molecule has 0 spiro atoms. The molecule has 0 saturated heterocycles. The van der Waals surface area contributed by atoms with E-state index in [-0.39, 0.29) is 30.5 Å². The molecule has 3 atom stereocenters. The van der Waals surface area contributed by atoms with Gasteiger partial charge in [0.1, 0.15) is 11.6 Å². The Morgan fingerprint density at radius 1 is 1.12 bits per heavy atom. The Kier molecular flexibility index (Phi) is 6.85. The van der Waals surface area contributed by atoms with Crippen LogP contribution >= 0.6 is 0 Å². The van der Waals surface area contributed by atoms with Crippen molar-refractivity contribution in [2.75, 3.05) is 6.61 Å². The molecule has 1 aromatic heterocycles. The van der Waals surface area contributed by atoms with Gasteiger partial charge in [-0.25, -0.2) is 9.67 Å². The van der Waals surface area contributed by atoms with Crippen LogP contribution in [0.3, 0.4) is 0 Å². The van der Waals surface area contributed by atoms with Crippen molar-refractivity contribution in [2.24, 2.45) is 0 Å². The van der Waals surface area contributed by atoms with E-state index in [0.717, 1.165) is 17.8 Å². The molecule has 0 bridgehead atoms. The van der Waals surface area contributed by atoms with Gasteiger partial charge in [0, 0.05) is 17.5 Å². The number of amides is 1. The molecule has 7 heteroatoms. The molecule has 3 aromatic rings. The second-order valence-corrected chi connectivity index (χ2v) is 8.55. The number of rotatable bonds is 7. The predicted octanol–water partition coefficient (Wildman–Crippen LogP) is 3.72. The Morgan fingerprint density at radius 2 is 1.81 bits per heavy atom. The molecule has 4 rings (SSSR count). The highest BCUT2D eigenvalue weighted by atomic mass is 16.5. The number of ether oxygens (including phenoxy) is 1. The summed E-state index contributed by atoms with van der Waals surface area (Å²) < 4.78 is 7.51. The molecule has 32 heavy (non-hydrogen) atoms. The molecule has 1 saturated carbocycles. The van der Waals surface area contributed by atoms with Crippen molar-refractivity contribution in [3.63, 3.8) is 0 Å². The number of aliphatic hydroxyl groups is 1. The molecule has 0 aliphatic heterocycles. The SMILES string of the molecule is CC(C)n1nc(-c2ccccc2)nc1[C@H]1CC[C@@H](O)[C@H](NC(=O)COc2ccccc2)C1. The van der Waals surface area contributed by atoms with Crippen molar-refractivity contribution in [1.82, 2.24) is 20.1 Å². The Labute approximate surface area is 188 Å². The topological polar surface area (TPSA) is 89.3 Å². The van der Waals surface area contributed by atoms with Gasteiger partial charge in [0.25, 0.3) is 5.91 Å². The zero-order valence-corrected chi connectivity index (χ0v) is 18.5. The van der Waals surface area contributed by atoms with Crippen LogP contribution in [0, 0.1) is 0 Å². The van der Waals surface area contributed by atoms with E-state index >= 15 is 0 Å². The summed E-state index contributed by atoms with van der Waals surface area (Å²) in [5.74, 6) is 2.12. The Bertz CT molecular complexity index is 1020. The number of carbonyl (C=O) groups is 1. The molecule has 2 N–H and O–H groups in total. The largest absolute Gasteiger partial charge is 0.484 e. The summed E-state index contributed by atoms with van der Waals surface area (Å²) in [6.45, 7) is 4.09. The van der Waals surface area contributed by atoms with E-state index in [9.17, 15) is 9.90 Å². The molecule has 168 valence electrons. The molecule has 7 nitrogen and oxygen atoms in total. The molecule has 0 unspecified atom stereocenters. The van der Waals surface area contributed by atoms with Crippen LogP contribution in [0.1, 0.15) is 50.9 Å². The highest BCUT2D eigenvalue weighted by Gasteiger charge is 2.34. The number of para-hydroxylation sites is 1. The Morgan fingerprint density at radius 3 is 2.50 bits per heavy atom. The first-order valence-electron chi connectivity index (χ1n) is 11.2. The first-order valence-corrected chi connectivity index (χ1v) is 11.2. The highest BCUT2D eigenvalue weighted by molar-refractivity contribution is 5.78. The average molecular weight is 435 g/mol. The van der Waals surface area contributed by atoms with Crippen LogP contribution in [0.2, 0.25) is 0 Å². The maximum Gasteiger partial charge on any atom is 0.258 e. The van der Waals surface area contributed by atoms with E-state index in [0.29, 0.717) is 24.4 Å². The average Bonchev–Trinajstić information content (AvgIpc) is 3.26. The lowest BCUT2D eigenvalue weighted by Crippen LogP contribution is -2.48. The standard InChI is InChI=1S/C25H30N4O3/c1-17(2)29-25(27-24(28-29)18-9-5-3-6-10-18)19-13-14-22(30)21(15-19)26-23(31)16-32-20-11-7-4-8-12-20/h3-12,17,19,21-22,30H,13-16H2,1-2H3,(H,26,31)/t19-,21+,22+/m0/s1. The van der Waals surface area contributed by atoms with Gasteiger partial charge in [-0.15, -0.1) is 0 Å². The number of hydrogen-bond acceptors (Lipinski definition) is 5. The van der Waals surface area contributed by atoms with Crippen LogP contribution in [0.5, 0.6) is 5.75 Å². The van der Waals surface area contributed by atoms with Crippen molar-refractivity contribution in [1.29, 1.82) is 0 Å². The zero-order valence-electron chi connectivity index (χ0n) is 18.5. The second kappa shape index (κ2) is 9.96. The molecular weight excluding hydrogens is 404 g/mol. The number of benzene rings is 2. The van der Waals surface area contributed by atoms with Crippen molar-refractivity contribution in [3.05, 3.63) is 66.5 Å². The molecule has 0 radical (unpaired) electrons. The summed E-state index contributed by atoms with van der Waals surface area (Å²) in [6, 6.07) is 19.0. The van der Waals surface area contributed by atoms with Gasteiger partial charge in [0.05, 0.1) is 12.1 Å². The van der Waals surface area contributed by atoms with Gasteiger partial charge in [0.15, 0.2) is 12.4 Å². The number of carbonyl (C=O) groups excluding carboxylic acids is 1. The normalized spacial score (nSPS) is 20.8. The van der Waals surface area contributed by atoms with Crippen LogP contribution in [0.25, 0.3) is 11.4 Å². The molecule has 1 aliphatic carbocycles. The maximum absolute atomic E-state index is 12.5. The van der Waals surface area contributed by atoms with Gasteiger partial charge in [-0.05, 0) is 45.2 Å². The van der Waals surface area contributed by atoms with Crippen molar-refractivity contribution in [3.8, 4) is 17.1 Å². The van der Waals surface area contributed by atoms with Crippen LogP contribution in [0.15, 0.2) is 60.7 Å². The van der Waals surface area contributed by atoms with Gasteiger partial charge in [-0.1, -0.05) is 48.5 Å². The third-order valence-electron chi connectivity index (χ3n) is 5.82.